The molecule has 1 heterocycles. The predicted molar refractivity (Wildman–Crippen MR) is 86.0 cm³/mol. The summed E-state index contributed by atoms with van der Waals surface area (Å²) in [5, 5.41) is 1.82. The normalized spacial score (nSPS) is 16.9. The summed E-state index contributed by atoms with van der Waals surface area (Å²) in [5.74, 6) is 1.05. The zero-order valence-electron chi connectivity index (χ0n) is 11.6. The zero-order chi connectivity index (χ0) is 14.2. The molecule has 2 nitrogen and oxygen atoms in total. The molecule has 1 aliphatic carbocycles. The number of aromatic nitrogens is 2. The van der Waals surface area contributed by atoms with E-state index in [9.17, 15) is 0 Å². The molecule has 2 aromatic rings. The van der Waals surface area contributed by atoms with Gasteiger partial charge in [0.15, 0.2) is 5.16 Å². The number of thioether (sulfide) groups is 1. The van der Waals surface area contributed by atoms with Crippen molar-refractivity contribution in [1.82, 2.24) is 9.55 Å². The van der Waals surface area contributed by atoms with E-state index >= 15 is 0 Å². The second-order valence-corrected chi connectivity index (χ2v) is 7.01. The third-order valence-corrected chi connectivity index (χ3v) is 5.65. The summed E-state index contributed by atoms with van der Waals surface area (Å²) in [5.41, 5.74) is 2.54. The monoisotopic (exact) mass is 305 g/mol. The first kappa shape index (κ1) is 14.0. The summed E-state index contributed by atoms with van der Waals surface area (Å²) < 4.78 is 2.15. The molecule has 105 valence electrons. The summed E-state index contributed by atoms with van der Waals surface area (Å²) in [4.78, 5) is 4.54. The predicted octanol–water partition coefficient (Wildman–Crippen LogP) is 4.84. The first-order valence-corrected chi connectivity index (χ1v) is 8.20. The van der Waals surface area contributed by atoms with E-state index in [0.717, 1.165) is 27.2 Å². The number of hydrogen-bond donors (Lipinski definition) is 0. The van der Waals surface area contributed by atoms with Gasteiger partial charge in [-0.15, -0.1) is 0 Å². The van der Waals surface area contributed by atoms with Crippen molar-refractivity contribution in [3.63, 3.8) is 0 Å². The fraction of sp³-hybridized carbons (Fsp3) is 0.375. The van der Waals surface area contributed by atoms with Crippen LogP contribution < -0.4 is 0 Å². The molecule has 0 bridgehead atoms. The zero-order valence-corrected chi connectivity index (χ0v) is 13.2. The van der Waals surface area contributed by atoms with Crippen LogP contribution in [0.25, 0.3) is 11.3 Å². The van der Waals surface area contributed by atoms with Crippen molar-refractivity contribution < 1.29 is 0 Å². The number of imidazole rings is 1. The van der Waals surface area contributed by atoms with Crippen molar-refractivity contribution in [3.8, 4) is 11.3 Å². The largest absolute Gasteiger partial charge is 0.322 e. The Kier molecular flexibility index (Phi) is 3.83. The highest BCUT2D eigenvalue weighted by molar-refractivity contribution is 7.99. The van der Waals surface area contributed by atoms with Crippen molar-refractivity contribution >= 4 is 23.4 Å². The van der Waals surface area contributed by atoms with Gasteiger partial charge in [0.05, 0.1) is 11.9 Å². The lowest BCUT2D eigenvalue weighted by Crippen LogP contribution is -2.28. The number of nitrogens with zero attached hydrogens (tertiary/aromatic N) is 2. The van der Waals surface area contributed by atoms with Gasteiger partial charge in [-0.2, -0.15) is 0 Å². The fourth-order valence-electron chi connectivity index (χ4n) is 2.45. The van der Waals surface area contributed by atoms with Gasteiger partial charge in [0.2, 0.25) is 0 Å². The van der Waals surface area contributed by atoms with Crippen LogP contribution in [0.15, 0.2) is 35.6 Å². The molecule has 0 amide bonds. The number of benzene rings is 1. The van der Waals surface area contributed by atoms with E-state index in [2.05, 4.69) is 23.5 Å². The minimum atomic E-state index is 0.275. The number of hydrogen-bond acceptors (Lipinski definition) is 2. The summed E-state index contributed by atoms with van der Waals surface area (Å²) in [7, 11) is 2.07. The van der Waals surface area contributed by atoms with Gasteiger partial charge in [0.25, 0.3) is 0 Å². The van der Waals surface area contributed by atoms with Crippen molar-refractivity contribution in [2.24, 2.45) is 12.5 Å². The second-order valence-electron chi connectivity index (χ2n) is 5.63. The third-order valence-electron chi connectivity index (χ3n) is 4.01. The Balaban J connectivity index is 1.76. The molecule has 1 saturated carbocycles. The first-order valence-electron chi connectivity index (χ1n) is 6.83. The van der Waals surface area contributed by atoms with Gasteiger partial charge in [-0.05, 0) is 42.9 Å². The van der Waals surface area contributed by atoms with Crippen molar-refractivity contribution in [2.75, 3.05) is 5.75 Å². The van der Waals surface area contributed by atoms with Crippen molar-refractivity contribution in [2.45, 2.75) is 24.4 Å². The molecule has 3 rings (SSSR count). The van der Waals surface area contributed by atoms with Crippen LogP contribution in [0, 0.1) is 12.3 Å². The van der Waals surface area contributed by atoms with Crippen molar-refractivity contribution in [3.05, 3.63) is 42.4 Å². The van der Waals surface area contributed by atoms with Crippen LogP contribution in [0.1, 0.15) is 19.3 Å². The fourth-order valence-corrected chi connectivity index (χ4v) is 3.72. The Hall–Kier alpha value is -0.930. The van der Waals surface area contributed by atoms with E-state index in [4.69, 9.17) is 11.6 Å². The van der Waals surface area contributed by atoms with E-state index in [0.29, 0.717) is 0 Å². The highest BCUT2D eigenvalue weighted by Gasteiger charge is 2.32. The third kappa shape index (κ3) is 2.75. The van der Waals surface area contributed by atoms with Gasteiger partial charge in [-0.1, -0.05) is 41.9 Å². The van der Waals surface area contributed by atoms with E-state index in [-0.39, 0.29) is 5.41 Å². The lowest BCUT2D eigenvalue weighted by atomic mass is 9.72. The topological polar surface area (TPSA) is 17.8 Å². The molecule has 0 atom stereocenters. The lowest BCUT2D eigenvalue weighted by molar-refractivity contribution is 0.237. The maximum atomic E-state index is 5.93. The molecule has 1 radical (unpaired) electrons. The molecule has 0 saturated heterocycles. The van der Waals surface area contributed by atoms with Crippen molar-refractivity contribution in [1.29, 1.82) is 0 Å². The molecule has 0 unspecified atom stereocenters. The molecule has 1 fully saturated rings. The summed E-state index contributed by atoms with van der Waals surface area (Å²) in [6.45, 7) is 4.32. The minimum Gasteiger partial charge on any atom is -0.322 e. The van der Waals surface area contributed by atoms with Crippen LogP contribution in [0.2, 0.25) is 5.02 Å². The molecule has 0 aliphatic heterocycles. The Bertz CT molecular complexity index is 599. The quantitative estimate of drug-likeness (QED) is 0.752. The maximum Gasteiger partial charge on any atom is 0.168 e. The van der Waals surface area contributed by atoms with Gasteiger partial charge in [0.1, 0.15) is 0 Å². The van der Waals surface area contributed by atoms with Crippen LogP contribution in [0.3, 0.4) is 0 Å². The Labute approximate surface area is 129 Å². The summed E-state index contributed by atoms with van der Waals surface area (Å²) >= 11 is 7.74. The average Bonchev–Trinajstić information content (AvgIpc) is 2.77. The smallest absolute Gasteiger partial charge is 0.168 e. The van der Waals surface area contributed by atoms with Crippen LogP contribution >= 0.6 is 23.4 Å². The van der Waals surface area contributed by atoms with Gasteiger partial charge >= 0.3 is 0 Å². The SMILES string of the molecule is [CH2]C1(CSc2ncc(-c3ccc(Cl)cc3)n2C)CCC1. The standard InChI is InChI=1S/C16H18ClN2S/c1-16(8-3-9-16)11-20-15-18-10-14(19(15)2)12-4-6-13(17)7-5-12/h4-7,10H,1,3,8-9,11H2,2H3. The van der Waals surface area contributed by atoms with Crippen LogP contribution in [-0.2, 0) is 7.05 Å². The van der Waals surface area contributed by atoms with Gasteiger partial charge in [-0.3, -0.25) is 0 Å². The summed E-state index contributed by atoms with van der Waals surface area (Å²) in [6.07, 6.45) is 5.74. The molecule has 1 aromatic heterocycles. The van der Waals surface area contributed by atoms with Gasteiger partial charge in [0, 0.05) is 17.8 Å². The average molecular weight is 306 g/mol. The second kappa shape index (κ2) is 5.45. The van der Waals surface area contributed by atoms with E-state index in [1.54, 1.807) is 0 Å². The van der Waals surface area contributed by atoms with E-state index < -0.39 is 0 Å². The number of rotatable bonds is 4. The molecule has 0 spiro atoms. The Morgan fingerprint density at radius 3 is 2.65 bits per heavy atom. The highest BCUT2D eigenvalue weighted by Crippen LogP contribution is 2.43. The first-order chi connectivity index (χ1) is 9.57. The molecule has 0 N–H and O–H groups in total. The molecular weight excluding hydrogens is 288 g/mol. The lowest BCUT2D eigenvalue weighted by Gasteiger charge is -2.37. The van der Waals surface area contributed by atoms with Crippen LogP contribution in [0.5, 0.6) is 0 Å². The van der Waals surface area contributed by atoms with Gasteiger partial charge in [-0.25, -0.2) is 4.98 Å². The van der Waals surface area contributed by atoms with Gasteiger partial charge < -0.3 is 4.57 Å². The Morgan fingerprint density at radius 2 is 2.05 bits per heavy atom. The molecular formula is C16H18ClN2S. The molecule has 20 heavy (non-hydrogen) atoms. The summed E-state index contributed by atoms with van der Waals surface area (Å²) in [6, 6.07) is 7.89. The number of halogens is 1. The highest BCUT2D eigenvalue weighted by atomic mass is 35.5. The minimum absolute atomic E-state index is 0.275. The van der Waals surface area contributed by atoms with Crippen LogP contribution in [-0.4, -0.2) is 15.3 Å². The van der Waals surface area contributed by atoms with Crippen LogP contribution in [0.4, 0.5) is 0 Å². The van der Waals surface area contributed by atoms with E-state index in [1.807, 2.05) is 42.2 Å². The Morgan fingerprint density at radius 1 is 1.35 bits per heavy atom. The molecule has 1 aliphatic rings. The molecule has 4 heteroatoms. The maximum absolute atomic E-state index is 5.93. The van der Waals surface area contributed by atoms with E-state index in [1.165, 1.54) is 19.3 Å². The molecule has 1 aromatic carbocycles.